The topological polar surface area (TPSA) is 117 Å². The third-order valence-electron chi connectivity index (χ3n) is 4.51. The van der Waals surface area contributed by atoms with Crippen LogP contribution in [0.3, 0.4) is 0 Å². The number of carbonyl (C=O) groups excluding carboxylic acids is 1. The Balaban J connectivity index is 2.02. The van der Waals surface area contributed by atoms with Gasteiger partial charge >= 0.3 is 5.97 Å². The number of hydrogen-bond donors (Lipinski definition) is 2. The van der Waals surface area contributed by atoms with E-state index in [2.05, 4.69) is 21.2 Å². The number of amides is 1. The summed E-state index contributed by atoms with van der Waals surface area (Å²) < 4.78 is 17.6. The zero-order valence-electron chi connectivity index (χ0n) is 17.1. The average molecular weight is 449 g/mol. The number of benzene rings is 2. The number of aliphatic carboxylic acids is 1. The Morgan fingerprint density at radius 2 is 1.75 bits per heavy atom. The molecule has 0 fully saturated rings. The van der Waals surface area contributed by atoms with Crippen molar-refractivity contribution in [3.63, 3.8) is 0 Å². The van der Waals surface area contributed by atoms with Crippen LogP contribution in [0.15, 0.2) is 82.3 Å². The molecular weight excluding hydrogens is 428 g/mol. The van der Waals surface area contributed by atoms with Gasteiger partial charge in [0.1, 0.15) is 11.0 Å². The van der Waals surface area contributed by atoms with Crippen LogP contribution in [0.1, 0.15) is 34.8 Å². The summed E-state index contributed by atoms with van der Waals surface area (Å²) in [6.07, 6.45) is 2.75. The van der Waals surface area contributed by atoms with Gasteiger partial charge in [0, 0.05) is 28.4 Å². The van der Waals surface area contributed by atoms with Gasteiger partial charge in [-0.05, 0) is 42.8 Å². The third-order valence-corrected chi connectivity index (χ3v) is 7.20. The maximum absolute atomic E-state index is 13.7. The Labute approximate surface area is 186 Å². The van der Waals surface area contributed by atoms with Crippen molar-refractivity contribution in [2.45, 2.75) is 23.5 Å². The smallest absolute Gasteiger partial charge is 0.320 e. The Hall–Kier alpha value is -3.96. The number of aromatic nitrogens is 1. The summed E-state index contributed by atoms with van der Waals surface area (Å²) in [5.41, 5.74) is 1.02. The molecule has 2 unspecified atom stereocenters. The van der Waals surface area contributed by atoms with Crippen molar-refractivity contribution in [3.8, 4) is 17.6 Å². The van der Waals surface area contributed by atoms with Crippen LogP contribution in [0.25, 0.3) is 0 Å². The minimum atomic E-state index is -3.59. The SMILES string of the molecule is CCC(C(=O)O)S(=O)(=NC(=O)c1cncc(C#Cc2cccc(O)c2)c1)c1ccccc1. The molecule has 1 aromatic heterocycles. The fraction of sp³-hybridized carbons (Fsp3) is 0.125. The zero-order chi connectivity index (χ0) is 23.1. The Morgan fingerprint density at radius 1 is 1.03 bits per heavy atom. The van der Waals surface area contributed by atoms with Gasteiger partial charge in [0.25, 0.3) is 5.91 Å². The first-order valence-corrected chi connectivity index (χ1v) is 11.3. The Kier molecular flexibility index (Phi) is 7.03. The van der Waals surface area contributed by atoms with Gasteiger partial charge in [0.05, 0.1) is 15.3 Å². The Bertz CT molecular complexity index is 1330. The number of hydrogen-bond acceptors (Lipinski definition) is 5. The molecule has 0 radical (unpaired) electrons. The summed E-state index contributed by atoms with van der Waals surface area (Å²) >= 11 is 0. The van der Waals surface area contributed by atoms with Crippen molar-refractivity contribution in [1.29, 1.82) is 0 Å². The van der Waals surface area contributed by atoms with Crippen molar-refractivity contribution in [1.82, 2.24) is 4.98 Å². The second-order valence-electron chi connectivity index (χ2n) is 6.78. The van der Waals surface area contributed by atoms with Gasteiger partial charge in [-0.15, -0.1) is 0 Å². The molecule has 32 heavy (non-hydrogen) atoms. The van der Waals surface area contributed by atoms with Crippen LogP contribution in [0.4, 0.5) is 0 Å². The van der Waals surface area contributed by atoms with Gasteiger partial charge in [0.15, 0.2) is 0 Å². The highest BCUT2D eigenvalue weighted by Crippen LogP contribution is 2.23. The van der Waals surface area contributed by atoms with Gasteiger partial charge in [0.2, 0.25) is 0 Å². The molecule has 7 nitrogen and oxygen atoms in total. The van der Waals surface area contributed by atoms with E-state index in [9.17, 15) is 24.0 Å². The number of rotatable bonds is 5. The molecule has 8 heteroatoms. The van der Waals surface area contributed by atoms with E-state index in [1.807, 2.05) is 0 Å². The monoisotopic (exact) mass is 448 g/mol. The van der Waals surface area contributed by atoms with Crippen LogP contribution >= 0.6 is 0 Å². The molecule has 3 rings (SSSR count). The molecule has 0 bridgehead atoms. The molecule has 0 saturated carbocycles. The van der Waals surface area contributed by atoms with E-state index < -0.39 is 26.9 Å². The summed E-state index contributed by atoms with van der Waals surface area (Å²) in [6.45, 7) is 1.58. The van der Waals surface area contributed by atoms with E-state index in [0.29, 0.717) is 11.1 Å². The van der Waals surface area contributed by atoms with E-state index in [1.165, 1.54) is 42.7 Å². The van der Waals surface area contributed by atoms with Crippen molar-refractivity contribution < 1.29 is 24.0 Å². The van der Waals surface area contributed by atoms with Crippen LogP contribution in [0.5, 0.6) is 5.75 Å². The summed E-state index contributed by atoms with van der Waals surface area (Å²) in [7, 11) is -3.59. The molecule has 0 aliphatic heterocycles. The quantitative estimate of drug-likeness (QED) is 0.575. The molecule has 1 amide bonds. The lowest BCUT2D eigenvalue weighted by atomic mass is 10.1. The van der Waals surface area contributed by atoms with Crippen molar-refractivity contribution >= 4 is 21.6 Å². The minimum Gasteiger partial charge on any atom is -0.508 e. The number of nitrogens with zero attached hydrogens (tertiary/aromatic N) is 2. The number of phenols is 1. The lowest BCUT2D eigenvalue weighted by molar-refractivity contribution is -0.136. The van der Waals surface area contributed by atoms with E-state index in [0.717, 1.165) is 0 Å². The molecule has 162 valence electrons. The largest absolute Gasteiger partial charge is 0.508 e. The highest BCUT2D eigenvalue weighted by Gasteiger charge is 2.31. The molecule has 2 aromatic carbocycles. The predicted octanol–water partition coefficient (Wildman–Crippen LogP) is 3.72. The number of carbonyl (C=O) groups is 2. The van der Waals surface area contributed by atoms with Gasteiger partial charge in [-0.1, -0.05) is 43.0 Å². The molecular formula is C24H20N2O5S. The summed E-state index contributed by atoms with van der Waals surface area (Å²) in [5, 5.41) is 17.8. The fourth-order valence-electron chi connectivity index (χ4n) is 2.96. The summed E-state index contributed by atoms with van der Waals surface area (Å²) in [5.74, 6) is 3.66. The first kappa shape index (κ1) is 22.7. The summed E-state index contributed by atoms with van der Waals surface area (Å²) in [4.78, 5) is 28.8. The van der Waals surface area contributed by atoms with Crippen molar-refractivity contribution in [2.24, 2.45) is 4.36 Å². The maximum atomic E-state index is 13.7. The van der Waals surface area contributed by atoms with Crippen LogP contribution in [-0.4, -0.2) is 36.5 Å². The van der Waals surface area contributed by atoms with Crippen LogP contribution < -0.4 is 0 Å². The minimum absolute atomic E-state index is 0.0352. The number of carboxylic acids is 1. The number of pyridine rings is 1. The van der Waals surface area contributed by atoms with Crippen LogP contribution in [0, 0.1) is 11.8 Å². The fourth-order valence-corrected chi connectivity index (χ4v) is 5.15. The van der Waals surface area contributed by atoms with Gasteiger partial charge in [-0.3, -0.25) is 14.6 Å². The van der Waals surface area contributed by atoms with Crippen LogP contribution in [0.2, 0.25) is 0 Å². The normalized spacial score (nSPS) is 13.2. The average Bonchev–Trinajstić information content (AvgIpc) is 2.78. The Morgan fingerprint density at radius 3 is 2.41 bits per heavy atom. The molecule has 2 N–H and O–H groups in total. The van der Waals surface area contributed by atoms with E-state index in [1.54, 1.807) is 37.3 Å². The first-order chi connectivity index (χ1) is 15.3. The summed E-state index contributed by atoms with van der Waals surface area (Å²) in [6, 6.07) is 15.8. The predicted molar refractivity (Wildman–Crippen MR) is 120 cm³/mol. The number of aromatic hydroxyl groups is 1. The van der Waals surface area contributed by atoms with E-state index in [4.69, 9.17) is 0 Å². The maximum Gasteiger partial charge on any atom is 0.320 e. The van der Waals surface area contributed by atoms with Gasteiger partial charge in [-0.25, -0.2) is 4.21 Å². The molecule has 2 atom stereocenters. The second-order valence-corrected chi connectivity index (χ2v) is 9.14. The van der Waals surface area contributed by atoms with E-state index in [-0.39, 0.29) is 22.6 Å². The standard InChI is InChI=1S/C24H20N2O5S/c1-2-22(24(29)30)32(31,21-9-4-3-5-10-21)26-23(28)19-13-18(15-25-16-19)12-11-17-7-6-8-20(27)14-17/h3-10,13-16,22,27H,2H2,1H3,(H,29,30). The number of carboxylic acid groups (broad SMARTS) is 1. The second kappa shape index (κ2) is 9.90. The van der Waals surface area contributed by atoms with Gasteiger partial charge < -0.3 is 10.2 Å². The molecule has 0 saturated heterocycles. The highest BCUT2D eigenvalue weighted by molar-refractivity contribution is 7.95. The van der Waals surface area contributed by atoms with Crippen molar-refractivity contribution in [3.05, 3.63) is 89.7 Å². The van der Waals surface area contributed by atoms with E-state index >= 15 is 0 Å². The van der Waals surface area contributed by atoms with Gasteiger partial charge in [-0.2, -0.15) is 4.36 Å². The zero-order valence-corrected chi connectivity index (χ0v) is 18.0. The van der Waals surface area contributed by atoms with Crippen molar-refractivity contribution in [2.75, 3.05) is 0 Å². The third kappa shape index (κ3) is 5.20. The molecule has 0 aliphatic rings. The number of phenolic OH excluding ortho intramolecular Hbond substituents is 1. The lowest BCUT2D eigenvalue weighted by Crippen LogP contribution is -2.30. The molecule has 3 aromatic rings. The highest BCUT2D eigenvalue weighted by atomic mass is 32.2. The molecule has 0 aliphatic carbocycles. The lowest BCUT2D eigenvalue weighted by Gasteiger charge is -2.16. The van der Waals surface area contributed by atoms with Crippen LogP contribution in [-0.2, 0) is 14.5 Å². The molecule has 0 spiro atoms. The first-order valence-electron chi connectivity index (χ1n) is 9.68. The molecule has 1 heterocycles.